The van der Waals surface area contributed by atoms with Crippen LogP contribution in [-0.2, 0) is 11.3 Å². The van der Waals surface area contributed by atoms with E-state index in [2.05, 4.69) is 12.2 Å². The Morgan fingerprint density at radius 1 is 1.22 bits per heavy atom. The highest BCUT2D eigenvalue weighted by Gasteiger charge is 2.05. The number of ether oxygens (including phenoxy) is 3. The van der Waals surface area contributed by atoms with Crippen molar-refractivity contribution in [3.05, 3.63) is 23.8 Å². The summed E-state index contributed by atoms with van der Waals surface area (Å²) in [6.07, 6.45) is 1.12. The van der Waals surface area contributed by atoms with Gasteiger partial charge in [0.05, 0.1) is 7.11 Å². The van der Waals surface area contributed by atoms with Gasteiger partial charge in [0.25, 0.3) is 0 Å². The van der Waals surface area contributed by atoms with Gasteiger partial charge in [0.1, 0.15) is 11.5 Å². The maximum atomic E-state index is 5.61. The summed E-state index contributed by atoms with van der Waals surface area (Å²) in [5.41, 5.74) is 1.11. The quantitative estimate of drug-likeness (QED) is 0.542. The standard InChI is InChI=1S/C14H23NO3/c1-4-8-15-10-12-6-7-13(16-3)9-14(12)18-11-17-5-2/h6-7,9,15H,4-5,8,10-11H2,1-3H3. The lowest BCUT2D eigenvalue weighted by atomic mass is 10.2. The van der Waals surface area contributed by atoms with Crippen molar-refractivity contribution in [1.29, 1.82) is 0 Å². The first kappa shape index (κ1) is 14.8. The normalized spacial score (nSPS) is 10.4. The molecule has 4 nitrogen and oxygen atoms in total. The van der Waals surface area contributed by atoms with E-state index in [0.29, 0.717) is 6.61 Å². The van der Waals surface area contributed by atoms with Crippen molar-refractivity contribution in [1.82, 2.24) is 5.32 Å². The third-order valence-corrected chi connectivity index (χ3v) is 2.52. The Bertz CT molecular complexity index is 342. The molecule has 1 rings (SSSR count). The number of benzene rings is 1. The molecule has 0 aliphatic rings. The molecular formula is C14H23NO3. The summed E-state index contributed by atoms with van der Waals surface area (Å²) in [5, 5.41) is 3.36. The second-order valence-corrected chi connectivity index (χ2v) is 3.91. The lowest BCUT2D eigenvalue weighted by Crippen LogP contribution is -2.15. The van der Waals surface area contributed by atoms with E-state index in [1.54, 1.807) is 7.11 Å². The van der Waals surface area contributed by atoms with Gasteiger partial charge >= 0.3 is 0 Å². The highest BCUT2D eigenvalue weighted by Crippen LogP contribution is 2.24. The van der Waals surface area contributed by atoms with Gasteiger partial charge in [-0.2, -0.15) is 0 Å². The number of rotatable bonds is 9. The Kier molecular flexibility index (Phi) is 7.22. The predicted molar refractivity (Wildman–Crippen MR) is 72.1 cm³/mol. The van der Waals surface area contributed by atoms with Crippen molar-refractivity contribution in [2.75, 3.05) is 27.1 Å². The summed E-state index contributed by atoms with van der Waals surface area (Å²) in [7, 11) is 1.65. The summed E-state index contributed by atoms with van der Waals surface area (Å²) in [6.45, 7) is 6.79. The van der Waals surface area contributed by atoms with E-state index in [0.717, 1.165) is 36.6 Å². The van der Waals surface area contributed by atoms with Crippen LogP contribution in [0.25, 0.3) is 0 Å². The number of methoxy groups -OCH3 is 1. The van der Waals surface area contributed by atoms with Gasteiger partial charge in [0.15, 0.2) is 6.79 Å². The van der Waals surface area contributed by atoms with Crippen LogP contribution >= 0.6 is 0 Å². The fourth-order valence-electron chi connectivity index (χ4n) is 1.53. The van der Waals surface area contributed by atoms with Gasteiger partial charge in [-0.1, -0.05) is 13.0 Å². The van der Waals surface area contributed by atoms with Crippen molar-refractivity contribution < 1.29 is 14.2 Å². The second-order valence-electron chi connectivity index (χ2n) is 3.91. The van der Waals surface area contributed by atoms with E-state index in [-0.39, 0.29) is 6.79 Å². The van der Waals surface area contributed by atoms with E-state index >= 15 is 0 Å². The molecule has 0 radical (unpaired) electrons. The van der Waals surface area contributed by atoms with E-state index in [9.17, 15) is 0 Å². The molecule has 4 heteroatoms. The lowest BCUT2D eigenvalue weighted by Gasteiger charge is -2.13. The third-order valence-electron chi connectivity index (χ3n) is 2.52. The molecule has 0 saturated heterocycles. The Balaban J connectivity index is 2.66. The van der Waals surface area contributed by atoms with Crippen molar-refractivity contribution in [3.8, 4) is 11.5 Å². The molecule has 0 unspecified atom stereocenters. The molecule has 0 aromatic heterocycles. The van der Waals surface area contributed by atoms with Crippen LogP contribution in [0.5, 0.6) is 11.5 Å². The van der Waals surface area contributed by atoms with Crippen LogP contribution in [0.2, 0.25) is 0 Å². The maximum Gasteiger partial charge on any atom is 0.189 e. The molecular weight excluding hydrogens is 230 g/mol. The minimum Gasteiger partial charge on any atom is -0.497 e. The molecule has 0 amide bonds. The minimum absolute atomic E-state index is 0.268. The topological polar surface area (TPSA) is 39.7 Å². The monoisotopic (exact) mass is 253 g/mol. The number of hydrogen-bond acceptors (Lipinski definition) is 4. The van der Waals surface area contributed by atoms with Gasteiger partial charge in [0, 0.05) is 24.8 Å². The largest absolute Gasteiger partial charge is 0.497 e. The zero-order chi connectivity index (χ0) is 13.2. The molecule has 0 heterocycles. The average Bonchev–Trinajstić information content (AvgIpc) is 2.40. The molecule has 102 valence electrons. The molecule has 0 spiro atoms. The van der Waals surface area contributed by atoms with Crippen LogP contribution in [0.4, 0.5) is 0 Å². The molecule has 0 saturated carbocycles. The SMILES string of the molecule is CCCNCc1ccc(OC)cc1OCOCC. The Morgan fingerprint density at radius 2 is 2.06 bits per heavy atom. The summed E-state index contributed by atoms with van der Waals surface area (Å²) in [6, 6.07) is 5.85. The Labute approximate surface area is 109 Å². The average molecular weight is 253 g/mol. The van der Waals surface area contributed by atoms with Gasteiger partial charge in [0.2, 0.25) is 0 Å². The fraction of sp³-hybridized carbons (Fsp3) is 0.571. The molecule has 0 aliphatic heterocycles. The molecule has 0 bridgehead atoms. The zero-order valence-corrected chi connectivity index (χ0v) is 11.5. The van der Waals surface area contributed by atoms with Gasteiger partial charge in [-0.3, -0.25) is 0 Å². The zero-order valence-electron chi connectivity index (χ0n) is 11.5. The van der Waals surface area contributed by atoms with E-state index in [1.165, 1.54) is 0 Å². The number of hydrogen-bond donors (Lipinski definition) is 1. The Hall–Kier alpha value is -1.26. The van der Waals surface area contributed by atoms with Crippen molar-refractivity contribution in [2.24, 2.45) is 0 Å². The third kappa shape index (κ3) is 4.94. The van der Waals surface area contributed by atoms with Gasteiger partial charge in [-0.15, -0.1) is 0 Å². The van der Waals surface area contributed by atoms with Gasteiger partial charge < -0.3 is 19.5 Å². The van der Waals surface area contributed by atoms with Gasteiger partial charge in [-0.25, -0.2) is 0 Å². The summed E-state index contributed by atoms with van der Waals surface area (Å²) in [5.74, 6) is 1.60. The Morgan fingerprint density at radius 3 is 2.72 bits per heavy atom. The first-order chi connectivity index (χ1) is 8.81. The first-order valence-corrected chi connectivity index (χ1v) is 6.40. The maximum absolute atomic E-state index is 5.61. The van der Waals surface area contributed by atoms with Crippen molar-refractivity contribution in [2.45, 2.75) is 26.8 Å². The molecule has 1 aromatic rings. The van der Waals surface area contributed by atoms with Gasteiger partial charge in [-0.05, 0) is 26.0 Å². The number of nitrogens with one attached hydrogen (secondary N) is 1. The predicted octanol–water partition coefficient (Wildman–Crippen LogP) is 2.57. The van der Waals surface area contributed by atoms with Crippen molar-refractivity contribution in [3.63, 3.8) is 0 Å². The highest BCUT2D eigenvalue weighted by molar-refractivity contribution is 5.40. The second kappa shape index (κ2) is 8.78. The smallest absolute Gasteiger partial charge is 0.189 e. The van der Waals surface area contributed by atoms with Crippen LogP contribution in [0.15, 0.2) is 18.2 Å². The fourth-order valence-corrected chi connectivity index (χ4v) is 1.53. The molecule has 1 aromatic carbocycles. The first-order valence-electron chi connectivity index (χ1n) is 6.40. The summed E-state index contributed by atoms with van der Waals surface area (Å²) in [4.78, 5) is 0. The summed E-state index contributed by atoms with van der Waals surface area (Å²) >= 11 is 0. The molecule has 1 N–H and O–H groups in total. The van der Waals surface area contributed by atoms with Crippen LogP contribution in [-0.4, -0.2) is 27.1 Å². The van der Waals surface area contributed by atoms with Crippen molar-refractivity contribution >= 4 is 0 Å². The van der Waals surface area contributed by atoms with E-state index in [4.69, 9.17) is 14.2 Å². The minimum atomic E-state index is 0.268. The van der Waals surface area contributed by atoms with E-state index in [1.807, 2.05) is 25.1 Å². The van der Waals surface area contributed by atoms with Crippen LogP contribution in [0.1, 0.15) is 25.8 Å². The molecule has 18 heavy (non-hydrogen) atoms. The molecule has 0 fully saturated rings. The van der Waals surface area contributed by atoms with E-state index < -0.39 is 0 Å². The molecule has 0 aliphatic carbocycles. The van der Waals surface area contributed by atoms with Crippen LogP contribution in [0.3, 0.4) is 0 Å². The lowest BCUT2D eigenvalue weighted by molar-refractivity contribution is 0.0217. The van der Waals surface area contributed by atoms with Crippen LogP contribution in [0, 0.1) is 0 Å². The van der Waals surface area contributed by atoms with Crippen LogP contribution < -0.4 is 14.8 Å². The summed E-state index contributed by atoms with van der Waals surface area (Å²) < 4.78 is 16.0. The highest BCUT2D eigenvalue weighted by atomic mass is 16.7. The molecule has 0 atom stereocenters.